The summed E-state index contributed by atoms with van der Waals surface area (Å²) in [6.07, 6.45) is 1.66. The van der Waals surface area contributed by atoms with Crippen molar-refractivity contribution in [3.63, 3.8) is 0 Å². The third-order valence-corrected chi connectivity index (χ3v) is 8.68. The van der Waals surface area contributed by atoms with Gasteiger partial charge in [-0.25, -0.2) is 0 Å². The molecule has 0 spiro atoms. The number of allylic oxidation sites excluding steroid dienone is 3. The predicted molar refractivity (Wildman–Crippen MR) is 153 cm³/mol. The van der Waals surface area contributed by atoms with Crippen molar-refractivity contribution in [3.05, 3.63) is 76.8 Å². The number of para-hydroxylation sites is 2. The highest BCUT2D eigenvalue weighted by atomic mass is 32.2. The number of benzene rings is 2. The number of carbonyl (C=O) groups excluding carboxylic acids is 2. The summed E-state index contributed by atoms with van der Waals surface area (Å²) in [5.41, 5.74) is 9.50. The lowest BCUT2D eigenvalue weighted by Crippen LogP contribution is -2.38. The van der Waals surface area contributed by atoms with Crippen molar-refractivity contribution in [2.45, 2.75) is 29.5 Å². The number of rotatable bonds is 8. The molecular formula is C28H26N6O4S2. The van der Waals surface area contributed by atoms with Crippen molar-refractivity contribution in [1.29, 1.82) is 5.26 Å². The van der Waals surface area contributed by atoms with Gasteiger partial charge in [0.05, 0.1) is 43.2 Å². The molecule has 1 aromatic heterocycles. The third-order valence-electron chi connectivity index (χ3n) is 6.64. The third kappa shape index (κ3) is 5.25. The molecule has 204 valence electrons. The maximum Gasteiger partial charge on any atom is 0.234 e. The van der Waals surface area contributed by atoms with Crippen LogP contribution in [0.5, 0.6) is 11.5 Å². The van der Waals surface area contributed by atoms with Gasteiger partial charge in [-0.05, 0) is 42.7 Å². The Bertz CT molecular complexity index is 1570. The molecule has 0 bridgehead atoms. The number of nitrogens with zero attached hydrogens (tertiary/aromatic N) is 4. The van der Waals surface area contributed by atoms with Crippen LogP contribution in [0.3, 0.4) is 0 Å². The van der Waals surface area contributed by atoms with Gasteiger partial charge < -0.3 is 20.5 Å². The second kappa shape index (κ2) is 11.8. The first-order chi connectivity index (χ1) is 19.4. The standard InChI is InChI=1S/C28H26N6O4S2/c1-37-17-8-5-7-16(13-17)24-18(14-29)26(30)34(20-10-6-11-21(35)25(20)24)27-32-33-28(40-27)39-15-23(36)31-19-9-3-4-12-22(19)38-2/h3-5,7-9,12-13,24H,6,10-11,15,30H2,1-2H3,(H,31,36). The molecule has 2 aromatic carbocycles. The van der Waals surface area contributed by atoms with Crippen molar-refractivity contribution < 1.29 is 19.1 Å². The van der Waals surface area contributed by atoms with E-state index >= 15 is 0 Å². The van der Waals surface area contributed by atoms with Crippen molar-refractivity contribution in [2.24, 2.45) is 5.73 Å². The van der Waals surface area contributed by atoms with Crippen LogP contribution in [0.15, 0.2) is 75.5 Å². The lowest BCUT2D eigenvalue weighted by molar-refractivity contribution is -0.116. The molecule has 0 fully saturated rings. The number of amides is 1. The highest BCUT2D eigenvalue weighted by Gasteiger charge is 2.41. The van der Waals surface area contributed by atoms with Gasteiger partial charge in [-0.15, -0.1) is 10.2 Å². The summed E-state index contributed by atoms with van der Waals surface area (Å²) in [5, 5.41) is 22.0. The number of ketones is 1. The van der Waals surface area contributed by atoms with E-state index in [0.717, 1.165) is 11.3 Å². The summed E-state index contributed by atoms with van der Waals surface area (Å²) in [4.78, 5) is 27.6. The van der Waals surface area contributed by atoms with Crippen LogP contribution in [0, 0.1) is 11.3 Å². The Morgan fingerprint density at radius 2 is 2.02 bits per heavy atom. The molecule has 3 aromatic rings. The van der Waals surface area contributed by atoms with Gasteiger partial charge in [0.15, 0.2) is 10.1 Å². The van der Waals surface area contributed by atoms with Gasteiger partial charge >= 0.3 is 0 Å². The molecule has 1 amide bonds. The molecule has 1 atom stereocenters. The van der Waals surface area contributed by atoms with E-state index in [1.54, 1.807) is 31.3 Å². The van der Waals surface area contributed by atoms with Gasteiger partial charge in [0.2, 0.25) is 11.0 Å². The first-order valence-electron chi connectivity index (χ1n) is 12.4. The van der Waals surface area contributed by atoms with Crippen molar-refractivity contribution in [3.8, 4) is 17.6 Å². The van der Waals surface area contributed by atoms with Crippen LogP contribution in [0.2, 0.25) is 0 Å². The van der Waals surface area contributed by atoms with Gasteiger partial charge in [0, 0.05) is 17.7 Å². The SMILES string of the molecule is COc1cccc(C2C(C#N)=C(N)N(c3nnc(SCC(=O)Nc4ccccc4OC)s3)C3=C2C(=O)CCC3)c1. The molecule has 40 heavy (non-hydrogen) atoms. The average molecular weight is 575 g/mol. The van der Waals surface area contributed by atoms with Crippen LogP contribution >= 0.6 is 23.1 Å². The Labute approximate surface area is 239 Å². The number of aromatic nitrogens is 2. The normalized spacial score (nSPS) is 16.9. The largest absolute Gasteiger partial charge is 0.497 e. The van der Waals surface area contributed by atoms with E-state index in [2.05, 4.69) is 21.6 Å². The van der Waals surface area contributed by atoms with Crippen LogP contribution in [-0.2, 0) is 9.59 Å². The average Bonchev–Trinajstić information content (AvgIpc) is 3.44. The quantitative estimate of drug-likeness (QED) is 0.367. The summed E-state index contributed by atoms with van der Waals surface area (Å²) < 4.78 is 11.2. The molecule has 1 unspecified atom stereocenters. The number of Topliss-reactive ketones (excluding diaryl/α,β-unsaturated/α-hetero) is 1. The van der Waals surface area contributed by atoms with Gasteiger partial charge in [0.25, 0.3) is 0 Å². The minimum Gasteiger partial charge on any atom is -0.497 e. The lowest BCUT2D eigenvalue weighted by atomic mass is 9.76. The summed E-state index contributed by atoms with van der Waals surface area (Å²) in [7, 11) is 3.11. The number of nitriles is 1. The van der Waals surface area contributed by atoms with E-state index in [1.165, 1.54) is 23.1 Å². The fourth-order valence-corrected chi connectivity index (χ4v) is 6.55. The first-order valence-corrected chi connectivity index (χ1v) is 14.2. The van der Waals surface area contributed by atoms with Crippen molar-refractivity contribution in [1.82, 2.24) is 10.2 Å². The Morgan fingerprint density at radius 3 is 2.80 bits per heavy atom. The number of nitrogens with one attached hydrogen (secondary N) is 1. The van der Waals surface area contributed by atoms with Crippen LogP contribution in [0.25, 0.3) is 0 Å². The summed E-state index contributed by atoms with van der Waals surface area (Å²) in [6, 6.07) is 16.8. The second-order valence-electron chi connectivity index (χ2n) is 8.98. The minimum absolute atomic E-state index is 0.0218. The van der Waals surface area contributed by atoms with E-state index in [0.29, 0.717) is 51.5 Å². The summed E-state index contributed by atoms with van der Waals surface area (Å²) in [6.45, 7) is 0. The molecule has 0 saturated heterocycles. The molecule has 0 radical (unpaired) electrons. The highest BCUT2D eigenvalue weighted by molar-refractivity contribution is 8.01. The first kappa shape index (κ1) is 27.2. The Hall–Kier alpha value is -4.34. The van der Waals surface area contributed by atoms with Gasteiger partial charge in [-0.2, -0.15) is 5.26 Å². The molecule has 3 N–H and O–H groups in total. The number of hydrogen-bond donors (Lipinski definition) is 2. The molecule has 2 aliphatic rings. The lowest BCUT2D eigenvalue weighted by Gasteiger charge is -2.38. The number of ether oxygens (including phenoxy) is 2. The molecule has 2 heterocycles. The number of thioether (sulfide) groups is 1. The van der Waals surface area contributed by atoms with E-state index in [9.17, 15) is 14.9 Å². The van der Waals surface area contributed by atoms with Gasteiger partial charge in [0.1, 0.15) is 17.3 Å². The monoisotopic (exact) mass is 574 g/mol. The maximum atomic E-state index is 13.3. The molecular weight excluding hydrogens is 548 g/mol. The topological polar surface area (TPSA) is 143 Å². The van der Waals surface area contributed by atoms with Crippen molar-refractivity contribution in [2.75, 3.05) is 30.2 Å². The number of hydrogen-bond acceptors (Lipinski definition) is 11. The summed E-state index contributed by atoms with van der Waals surface area (Å²) >= 11 is 2.48. The zero-order chi connectivity index (χ0) is 28.2. The molecule has 1 aliphatic carbocycles. The molecule has 0 saturated carbocycles. The molecule has 1 aliphatic heterocycles. The maximum absolute atomic E-state index is 13.3. The Balaban J connectivity index is 1.42. The van der Waals surface area contributed by atoms with Crippen LogP contribution in [0.4, 0.5) is 10.8 Å². The Morgan fingerprint density at radius 1 is 1.20 bits per heavy atom. The molecule has 10 nitrogen and oxygen atoms in total. The van der Waals surface area contributed by atoms with E-state index < -0.39 is 5.92 Å². The minimum atomic E-state index is -0.598. The van der Waals surface area contributed by atoms with Crippen LogP contribution < -0.4 is 25.4 Å². The molecule has 5 rings (SSSR count). The van der Waals surface area contributed by atoms with Gasteiger partial charge in [-0.1, -0.05) is 47.4 Å². The van der Waals surface area contributed by atoms with Crippen molar-refractivity contribution >= 4 is 45.6 Å². The predicted octanol–water partition coefficient (Wildman–Crippen LogP) is 4.59. The number of methoxy groups -OCH3 is 2. The van der Waals surface area contributed by atoms with E-state index in [1.807, 2.05) is 36.4 Å². The zero-order valence-electron chi connectivity index (χ0n) is 21.8. The fraction of sp³-hybridized carbons (Fsp3) is 0.250. The fourth-order valence-electron chi connectivity index (χ4n) is 4.87. The Kier molecular flexibility index (Phi) is 8.04. The smallest absolute Gasteiger partial charge is 0.234 e. The van der Waals surface area contributed by atoms with Crippen LogP contribution in [-0.4, -0.2) is 41.9 Å². The summed E-state index contributed by atoms with van der Waals surface area (Å²) in [5.74, 6) is 0.668. The van der Waals surface area contributed by atoms with Gasteiger partial charge in [-0.3, -0.25) is 14.5 Å². The van der Waals surface area contributed by atoms with E-state index in [4.69, 9.17) is 15.2 Å². The second-order valence-corrected chi connectivity index (χ2v) is 11.2. The molecule has 12 heteroatoms. The number of nitrogens with two attached hydrogens (primary N) is 1. The van der Waals surface area contributed by atoms with Crippen LogP contribution in [0.1, 0.15) is 30.7 Å². The number of anilines is 2. The highest BCUT2D eigenvalue weighted by Crippen LogP contribution is 2.47. The van der Waals surface area contributed by atoms with E-state index in [-0.39, 0.29) is 28.8 Å². The number of carbonyl (C=O) groups is 2. The zero-order valence-corrected chi connectivity index (χ0v) is 23.5.